The normalized spacial score (nSPS) is 11.7. The van der Waals surface area contributed by atoms with Gasteiger partial charge in [0.15, 0.2) is 0 Å². The van der Waals surface area contributed by atoms with Crippen LogP contribution in [0.25, 0.3) is 0 Å². The Morgan fingerprint density at radius 3 is 2.71 bits per heavy atom. The zero-order valence-corrected chi connectivity index (χ0v) is 10.5. The van der Waals surface area contributed by atoms with Crippen LogP contribution >= 0.6 is 0 Å². The van der Waals surface area contributed by atoms with Crippen molar-refractivity contribution in [1.29, 1.82) is 0 Å². The Morgan fingerprint density at radius 1 is 1.47 bits per heavy atom. The summed E-state index contributed by atoms with van der Waals surface area (Å²) in [5, 5.41) is 0. The molecule has 0 heterocycles. The average molecular weight is 262 g/mol. The van der Waals surface area contributed by atoms with Crippen molar-refractivity contribution < 1.29 is 17.5 Å². The predicted molar refractivity (Wildman–Crippen MR) is 62.6 cm³/mol. The largest absolute Gasteiger partial charge is 0.399 e. The first kappa shape index (κ1) is 13.9. The Bertz CT molecular complexity index is 503. The molecular formula is C10H15FN2O3S. The molecule has 0 bridgehead atoms. The summed E-state index contributed by atoms with van der Waals surface area (Å²) in [6.45, 7) is 1.75. The highest BCUT2D eigenvalue weighted by atomic mass is 32.2. The molecule has 0 saturated heterocycles. The third-order valence-corrected chi connectivity index (χ3v) is 3.79. The van der Waals surface area contributed by atoms with Gasteiger partial charge in [-0.1, -0.05) is 0 Å². The van der Waals surface area contributed by atoms with E-state index in [1.165, 1.54) is 20.1 Å². The molecule has 3 N–H and O–H groups in total. The van der Waals surface area contributed by atoms with Gasteiger partial charge in [-0.25, -0.2) is 17.5 Å². The van der Waals surface area contributed by atoms with Crippen LogP contribution in [0.2, 0.25) is 0 Å². The molecule has 0 saturated carbocycles. The van der Waals surface area contributed by atoms with Gasteiger partial charge in [0.2, 0.25) is 10.0 Å². The van der Waals surface area contributed by atoms with Crippen molar-refractivity contribution >= 4 is 15.7 Å². The highest BCUT2D eigenvalue weighted by Gasteiger charge is 2.19. The first-order valence-electron chi connectivity index (χ1n) is 4.92. The van der Waals surface area contributed by atoms with Crippen LogP contribution in [0.4, 0.5) is 10.1 Å². The molecule has 1 rings (SSSR count). The zero-order valence-electron chi connectivity index (χ0n) is 9.66. The fraction of sp³-hybridized carbons (Fsp3) is 0.400. The number of ether oxygens (including phenoxy) is 1. The topological polar surface area (TPSA) is 81.4 Å². The second-order valence-electron chi connectivity index (χ2n) is 3.52. The minimum Gasteiger partial charge on any atom is -0.399 e. The summed E-state index contributed by atoms with van der Waals surface area (Å²) >= 11 is 0. The van der Waals surface area contributed by atoms with Crippen molar-refractivity contribution in [3.63, 3.8) is 0 Å². The van der Waals surface area contributed by atoms with E-state index in [0.717, 1.165) is 6.07 Å². The van der Waals surface area contributed by atoms with E-state index in [1.54, 1.807) is 0 Å². The van der Waals surface area contributed by atoms with E-state index in [9.17, 15) is 12.8 Å². The highest BCUT2D eigenvalue weighted by molar-refractivity contribution is 7.89. The van der Waals surface area contributed by atoms with Crippen LogP contribution in [-0.2, 0) is 14.8 Å². The van der Waals surface area contributed by atoms with Gasteiger partial charge in [0.05, 0.1) is 11.5 Å². The van der Waals surface area contributed by atoms with Crippen molar-refractivity contribution in [3.05, 3.63) is 23.5 Å². The molecular weight excluding hydrogens is 247 g/mol. The molecule has 5 nitrogen and oxygen atoms in total. The van der Waals surface area contributed by atoms with Crippen LogP contribution in [0.3, 0.4) is 0 Å². The lowest BCUT2D eigenvalue weighted by atomic mass is 10.2. The van der Waals surface area contributed by atoms with Gasteiger partial charge in [-0.15, -0.1) is 0 Å². The van der Waals surface area contributed by atoms with E-state index in [1.807, 2.05) is 0 Å². The molecule has 0 radical (unpaired) electrons. The van der Waals surface area contributed by atoms with E-state index in [4.69, 9.17) is 10.5 Å². The number of hydrogen-bond acceptors (Lipinski definition) is 4. The van der Waals surface area contributed by atoms with Crippen molar-refractivity contribution in [1.82, 2.24) is 4.72 Å². The summed E-state index contributed by atoms with van der Waals surface area (Å²) in [6.07, 6.45) is 0. The Labute approximate surface area is 99.8 Å². The van der Waals surface area contributed by atoms with Gasteiger partial charge in [0.1, 0.15) is 5.82 Å². The molecule has 0 aliphatic rings. The molecule has 1 aromatic rings. The fourth-order valence-electron chi connectivity index (χ4n) is 1.31. The third-order valence-electron chi connectivity index (χ3n) is 2.21. The lowest BCUT2D eigenvalue weighted by Gasteiger charge is -2.10. The smallest absolute Gasteiger partial charge is 0.241 e. The first-order valence-corrected chi connectivity index (χ1v) is 6.41. The quantitative estimate of drug-likeness (QED) is 0.602. The van der Waals surface area contributed by atoms with Gasteiger partial charge < -0.3 is 10.5 Å². The summed E-state index contributed by atoms with van der Waals surface area (Å²) in [7, 11) is -2.30. The van der Waals surface area contributed by atoms with Gasteiger partial charge in [0, 0.05) is 24.9 Å². The number of halogens is 1. The van der Waals surface area contributed by atoms with E-state index in [2.05, 4.69) is 4.72 Å². The second kappa shape index (κ2) is 5.44. The van der Waals surface area contributed by atoms with Crippen LogP contribution in [0.5, 0.6) is 0 Å². The summed E-state index contributed by atoms with van der Waals surface area (Å²) in [5.41, 5.74) is 5.54. The number of hydrogen-bond donors (Lipinski definition) is 2. The van der Waals surface area contributed by atoms with Crippen molar-refractivity contribution in [2.45, 2.75) is 11.8 Å². The molecule has 0 spiro atoms. The fourth-order valence-corrected chi connectivity index (χ4v) is 2.61. The van der Waals surface area contributed by atoms with Crippen LogP contribution in [0.1, 0.15) is 5.56 Å². The Morgan fingerprint density at radius 2 is 2.12 bits per heavy atom. The number of sulfonamides is 1. The maximum Gasteiger partial charge on any atom is 0.241 e. The van der Waals surface area contributed by atoms with Crippen LogP contribution in [0, 0.1) is 12.7 Å². The number of benzene rings is 1. The maximum atomic E-state index is 13.4. The average Bonchev–Trinajstić information content (AvgIpc) is 2.23. The zero-order chi connectivity index (χ0) is 13.1. The van der Waals surface area contributed by atoms with Crippen molar-refractivity contribution in [3.8, 4) is 0 Å². The highest BCUT2D eigenvalue weighted by Crippen LogP contribution is 2.21. The van der Waals surface area contributed by atoms with E-state index < -0.39 is 15.8 Å². The van der Waals surface area contributed by atoms with E-state index in [0.29, 0.717) is 0 Å². The van der Waals surface area contributed by atoms with Crippen LogP contribution in [0.15, 0.2) is 17.0 Å². The van der Waals surface area contributed by atoms with Gasteiger partial charge in [-0.05, 0) is 19.1 Å². The van der Waals surface area contributed by atoms with E-state index >= 15 is 0 Å². The number of anilines is 1. The maximum absolute atomic E-state index is 13.4. The standard InChI is InChI=1S/C10H15FN2O3S/c1-7-9(11)5-8(12)6-10(7)17(14,15)13-3-4-16-2/h5-6,13H,3-4,12H2,1-2H3. The van der Waals surface area contributed by atoms with Crippen molar-refractivity contribution in [2.24, 2.45) is 0 Å². The lowest BCUT2D eigenvalue weighted by molar-refractivity contribution is 0.204. The monoisotopic (exact) mass is 262 g/mol. The number of rotatable bonds is 5. The summed E-state index contributed by atoms with van der Waals surface area (Å²) in [5.74, 6) is -0.642. The van der Waals surface area contributed by atoms with Crippen molar-refractivity contribution in [2.75, 3.05) is 26.0 Å². The van der Waals surface area contributed by atoms with Gasteiger partial charge >= 0.3 is 0 Å². The number of nitrogen functional groups attached to an aromatic ring is 1. The van der Waals surface area contributed by atoms with Gasteiger partial charge in [0.25, 0.3) is 0 Å². The Hall–Kier alpha value is -1.18. The molecule has 96 valence electrons. The minimum atomic E-state index is -3.76. The molecule has 0 aliphatic carbocycles. The second-order valence-corrected chi connectivity index (χ2v) is 5.25. The van der Waals surface area contributed by atoms with Crippen LogP contribution < -0.4 is 10.5 Å². The SMILES string of the molecule is COCCNS(=O)(=O)c1cc(N)cc(F)c1C. The molecule has 1 aromatic carbocycles. The molecule has 0 unspecified atom stereocenters. The summed E-state index contributed by atoms with van der Waals surface area (Å²) in [6, 6.07) is 2.32. The Kier molecular flexibility index (Phi) is 4.44. The number of nitrogens with two attached hydrogens (primary N) is 1. The first-order chi connectivity index (χ1) is 7.88. The lowest BCUT2D eigenvalue weighted by Crippen LogP contribution is -2.28. The third kappa shape index (κ3) is 3.39. The molecule has 17 heavy (non-hydrogen) atoms. The summed E-state index contributed by atoms with van der Waals surface area (Å²) in [4.78, 5) is -0.147. The molecule has 7 heteroatoms. The number of methoxy groups -OCH3 is 1. The molecule has 0 fully saturated rings. The van der Waals surface area contributed by atoms with Gasteiger partial charge in [-0.2, -0.15) is 0 Å². The molecule has 0 atom stereocenters. The minimum absolute atomic E-state index is 0.0455. The molecule has 0 amide bonds. The summed E-state index contributed by atoms with van der Waals surface area (Å²) < 4.78 is 44.1. The van der Waals surface area contributed by atoms with E-state index in [-0.39, 0.29) is 29.3 Å². The molecule has 0 aromatic heterocycles. The Balaban J connectivity index is 3.06. The molecule has 0 aliphatic heterocycles. The number of nitrogens with one attached hydrogen (secondary N) is 1. The van der Waals surface area contributed by atoms with Gasteiger partial charge in [-0.3, -0.25) is 0 Å². The predicted octanol–water partition coefficient (Wildman–Crippen LogP) is 0.641. The van der Waals surface area contributed by atoms with Crippen LogP contribution in [-0.4, -0.2) is 28.7 Å².